The molecule has 0 saturated carbocycles. The Balaban J connectivity index is 0.000000113. The van der Waals surface area contributed by atoms with Gasteiger partial charge in [-0.15, -0.1) is 0 Å². The minimum absolute atomic E-state index is 0.564. The van der Waals surface area contributed by atoms with Gasteiger partial charge in [0.15, 0.2) is 0 Å². The van der Waals surface area contributed by atoms with Crippen LogP contribution in [0.4, 0.5) is 11.6 Å². The maximum Gasteiger partial charge on any atom is 0.204 e. The van der Waals surface area contributed by atoms with E-state index in [9.17, 15) is 0 Å². The molecule has 17 rings (SSSR count). The zero-order valence-electron chi connectivity index (χ0n) is 58.7. The molecule has 10 heterocycles. The van der Waals surface area contributed by atoms with E-state index >= 15 is 0 Å². The topological polar surface area (TPSA) is 201 Å². The smallest absolute Gasteiger partial charge is 0.204 e. The molecule has 522 valence electrons. The molecule has 21 nitrogen and oxygen atoms in total. The van der Waals surface area contributed by atoms with Crippen LogP contribution in [-0.2, 0) is 33.1 Å². The van der Waals surface area contributed by atoms with Crippen molar-refractivity contribution in [3.63, 3.8) is 0 Å². The van der Waals surface area contributed by atoms with Gasteiger partial charge in [-0.2, -0.15) is 0 Å². The molecule has 5 aromatic heterocycles. The van der Waals surface area contributed by atoms with Crippen molar-refractivity contribution in [3.8, 4) is 23.0 Å². The molecule has 5 aliphatic heterocycles. The maximum atomic E-state index is 5.97. The van der Waals surface area contributed by atoms with Gasteiger partial charge < -0.3 is 68.4 Å². The van der Waals surface area contributed by atoms with Gasteiger partial charge in [0, 0.05) is 126 Å². The highest BCUT2D eigenvalue weighted by molar-refractivity contribution is 6.31. The van der Waals surface area contributed by atoms with E-state index in [0.717, 1.165) is 249 Å². The van der Waals surface area contributed by atoms with Gasteiger partial charge in [-0.05, 0) is 155 Å². The van der Waals surface area contributed by atoms with Crippen molar-refractivity contribution in [1.82, 2.24) is 74.3 Å². The third-order valence-electron chi connectivity index (χ3n) is 19.7. The Kier molecular flexibility index (Phi) is 22.6. The first-order valence-electron chi connectivity index (χ1n) is 35.0. The number of hydrogen-bond donors (Lipinski definition) is 5. The van der Waals surface area contributed by atoms with Gasteiger partial charge >= 0.3 is 0 Å². The second kappa shape index (κ2) is 32.7. The van der Waals surface area contributed by atoms with E-state index in [-0.39, 0.29) is 0 Å². The number of likely N-dealkylation sites (N-methyl/N-ethyl adjacent to an activating group) is 1. The number of halogens is 1. The van der Waals surface area contributed by atoms with E-state index in [1.807, 2.05) is 84.9 Å². The number of nitrogens with zero attached hydrogens (tertiary/aromatic N) is 12. The monoisotopic (exact) mass is 1370 g/mol. The summed E-state index contributed by atoms with van der Waals surface area (Å²) in [6.45, 7) is 16.8. The number of aromatic nitrogens is 10. The molecule has 0 radical (unpaired) electrons. The van der Waals surface area contributed by atoms with Crippen LogP contribution in [0, 0.1) is 0 Å². The zero-order chi connectivity index (χ0) is 68.9. The second-order valence-corrected chi connectivity index (χ2v) is 26.9. The number of para-hydroxylation sites is 2. The fraction of sp³-hybridized carbons (Fsp3) is 0.372. The van der Waals surface area contributed by atoms with Crippen LogP contribution in [0.15, 0.2) is 151 Å². The first-order valence-corrected chi connectivity index (χ1v) is 35.4. The van der Waals surface area contributed by atoms with Crippen LogP contribution >= 0.6 is 11.6 Å². The Bertz CT molecular complexity index is 4640. The minimum atomic E-state index is 0.564. The SMILES string of the molecule is CN1CCC(=Cc2nc3ccc(Cl)cc3[nH]2)CC1.COc1ccc2c(c1)nc(CN1CCN(C)CC1)n2C.COc1ccc2nc(C3CCNCC3)[nH]c2c1.COc1ccc2nc(N3CCc4ccccc4C3)[nH]c2c1.COc1cccc(N2CCN(Cc3nc4ccccc4[nH]3)CC2)c1. The van der Waals surface area contributed by atoms with Crippen molar-refractivity contribution in [3.05, 3.63) is 191 Å². The molecule has 4 saturated heterocycles. The Morgan fingerprint density at radius 2 is 1.08 bits per heavy atom. The number of benzene rings is 7. The van der Waals surface area contributed by atoms with Crippen LogP contribution in [0.3, 0.4) is 0 Å². The number of rotatable bonds is 12. The molecule has 5 aliphatic rings. The summed E-state index contributed by atoms with van der Waals surface area (Å²) in [7, 11) is 13.2. The maximum absolute atomic E-state index is 5.97. The van der Waals surface area contributed by atoms with E-state index in [2.05, 4.69) is 162 Å². The normalized spacial score (nSPS) is 16.4. The Labute approximate surface area is 590 Å². The third kappa shape index (κ3) is 17.4. The number of aryl methyl sites for hydroxylation is 1. The van der Waals surface area contributed by atoms with E-state index in [1.165, 1.54) is 22.4 Å². The highest BCUT2D eigenvalue weighted by atomic mass is 35.5. The summed E-state index contributed by atoms with van der Waals surface area (Å²) in [5, 5.41) is 4.12. The predicted molar refractivity (Wildman–Crippen MR) is 404 cm³/mol. The van der Waals surface area contributed by atoms with Crippen LogP contribution < -0.4 is 34.1 Å². The summed E-state index contributed by atoms with van der Waals surface area (Å²) < 4.78 is 23.3. The zero-order valence-corrected chi connectivity index (χ0v) is 59.5. The van der Waals surface area contributed by atoms with Gasteiger partial charge in [-0.3, -0.25) is 9.80 Å². The molecule has 5 N–H and O–H groups in total. The lowest BCUT2D eigenvalue weighted by molar-refractivity contribution is 0.144. The lowest BCUT2D eigenvalue weighted by Crippen LogP contribution is -2.46. The number of piperidine rings is 2. The molecular weight excluding hydrogens is 1270 g/mol. The van der Waals surface area contributed by atoms with Gasteiger partial charge in [-0.25, -0.2) is 24.9 Å². The number of H-pyrrole nitrogens is 4. The van der Waals surface area contributed by atoms with Crippen LogP contribution in [0.2, 0.25) is 5.02 Å². The van der Waals surface area contributed by atoms with Crippen LogP contribution in [0.25, 0.3) is 61.2 Å². The summed E-state index contributed by atoms with van der Waals surface area (Å²) in [6, 6.07) is 48.8. The van der Waals surface area contributed by atoms with Gasteiger partial charge in [0.1, 0.15) is 46.3 Å². The van der Waals surface area contributed by atoms with E-state index in [1.54, 1.807) is 28.4 Å². The second-order valence-electron chi connectivity index (χ2n) is 26.5. The average molecular weight is 1370 g/mol. The van der Waals surface area contributed by atoms with Crippen molar-refractivity contribution >= 4 is 84.5 Å². The van der Waals surface area contributed by atoms with Gasteiger partial charge in [0.05, 0.1) is 96.7 Å². The number of piperazine rings is 2. The van der Waals surface area contributed by atoms with Crippen molar-refractivity contribution in [2.24, 2.45) is 7.05 Å². The molecular formula is C78H94ClN17O4. The van der Waals surface area contributed by atoms with Crippen LogP contribution in [-0.4, -0.2) is 197 Å². The fourth-order valence-corrected chi connectivity index (χ4v) is 13.8. The van der Waals surface area contributed by atoms with Crippen LogP contribution in [0.1, 0.15) is 66.0 Å². The number of anilines is 2. The van der Waals surface area contributed by atoms with Gasteiger partial charge in [-0.1, -0.05) is 59.6 Å². The fourth-order valence-electron chi connectivity index (χ4n) is 13.6. The van der Waals surface area contributed by atoms with Crippen LogP contribution in [0.5, 0.6) is 23.0 Å². The Morgan fingerprint density at radius 1 is 0.470 bits per heavy atom. The number of imidazole rings is 5. The largest absolute Gasteiger partial charge is 0.497 e. The predicted octanol–water partition coefficient (Wildman–Crippen LogP) is 12.7. The first kappa shape index (κ1) is 69.0. The highest BCUT2D eigenvalue weighted by Gasteiger charge is 2.23. The summed E-state index contributed by atoms with van der Waals surface area (Å²) in [4.78, 5) is 51.3. The Hall–Kier alpha value is -9.48. The molecule has 0 atom stereocenters. The lowest BCUT2D eigenvalue weighted by atomic mass is 9.98. The van der Waals surface area contributed by atoms with E-state index in [4.69, 9.17) is 40.5 Å². The summed E-state index contributed by atoms with van der Waals surface area (Å²) in [5.74, 6) is 9.23. The van der Waals surface area contributed by atoms with Crippen molar-refractivity contribution in [2.75, 3.05) is 137 Å². The van der Waals surface area contributed by atoms with Gasteiger partial charge in [0.2, 0.25) is 5.95 Å². The van der Waals surface area contributed by atoms with Crippen molar-refractivity contribution in [2.45, 2.75) is 57.7 Å². The van der Waals surface area contributed by atoms with Crippen molar-refractivity contribution in [1.29, 1.82) is 0 Å². The molecule has 12 aromatic rings. The summed E-state index contributed by atoms with van der Waals surface area (Å²) in [5.41, 5.74) is 15.9. The van der Waals surface area contributed by atoms with E-state index < -0.39 is 0 Å². The third-order valence-corrected chi connectivity index (χ3v) is 20.0. The molecule has 0 spiro atoms. The highest BCUT2D eigenvalue weighted by Crippen LogP contribution is 2.30. The number of hydrogen-bond acceptors (Lipinski definition) is 16. The number of aromatic amines is 4. The Morgan fingerprint density at radius 3 is 1.82 bits per heavy atom. The molecule has 0 unspecified atom stereocenters. The molecule has 22 heteroatoms. The first-order chi connectivity index (χ1) is 48.9. The minimum Gasteiger partial charge on any atom is -0.497 e. The summed E-state index contributed by atoms with van der Waals surface area (Å²) in [6.07, 6.45) is 7.84. The molecule has 100 heavy (non-hydrogen) atoms. The molecule has 0 aliphatic carbocycles. The molecule has 0 bridgehead atoms. The number of likely N-dealkylation sites (tertiary alicyclic amines) is 1. The standard InChI is InChI=1S/C19H22N4O.C17H17N3O.C15H22N4O.C14H16ClN3.C13H17N3O/c1-24-16-6-4-5-15(13-16)23-11-9-22(10-12-23)14-19-20-17-7-2-3-8-18(17)21-19;1-21-14-6-7-15-16(10-14)19-17(18-15)20-9-8-12-4-2-3-5-13(12)11-20;1-17-6-8-19(9-7-17)11-15-16-13-10-12(20-3)4-5-14(13)18(15)2;1-18-6-4-10(5-7-18)8-14-16-12-3-2-11(15)9-13(12)17-14;1-17-10-2-3-11-12(8-10)16-13(15-11)9-4-6-14-7-5-9/h2-8,13H,9-12,14H2,1H3,(H,20,21);2-7,10H,8-9,11H2,1H3,(H,18,19);4-5,10H,6-9,11H2,1-3H3;2-3,8-9H,4-7H2,1H3,(H,16,17);2-3,8-9,14H,4-7H2,1H3,(H,15,16). The number of fused-ring (bicyclic) bond motifs is 6. The van der Waals surface area contributed by atoms with Crippen molar-refractivity contribution < 1.29 is 18.9 Å². The molecule has 4 fully saturated rings. The summed E-state index contributed by atoms with van der Waals surface area (Å²) >= 11 is 5.97. The number of methoxy groups -OCH3 is 4. The molecule has 7 aromatic carbocycles. The molecule has 0 amide bonds. The quantitative estimate of drug-likeness (QED) is 0.0773. The number of ether oxygens (including phenoxy) is 4. The average Bonchev–Trinajstić information content (AvgIpc) is 1.65. The lowest BCUT2D eigenvalue weighted by Gasteiger charge is -2.35. The number of nitrogens with one attached hydrogen (secondary N) is 5. The van der Waals surface area contributed by atoms with E-state index in [0.29, 0.717) is 5.92 Å². The van der Waals surface area contributed by atoms with Gasteiger partial charge in [0.25, 0.3) is 0 Å².